The predicted molar refractivity (Wildman–Crippen MR) is 77.5 cm³/mol. The Kier molecular flexibility index (Phi) is 4.08. The number of hydrogen-bond donors (Lipinski definition) is 1. The van der Waals surface area contributed by atoms with Crippen LogP contribution in [-0.4, -0.2) is 16.6 Å². The van der Waals surface area contributed by atoms with E-state index < -0.39 is 4.92 Å². The number of nitrogens with one attached hydrogen (secondary N) is 1. The van der Waals surface area contributed by atoms with Crippen LogP contribution in [0.1, 0.15) is 27.6 Å². The lowest BCUT2D eigenvalue weighted by Crippen LogP contribution is -2.11. The fraction of sp³-hybridized carbons (Fsp3) is 0.0667. The lowest BCUT2D eigenvalue weighted by molar-refractivity contribution is -0.384. The van der Waals surface area contributed by atoms with Gasteiger partial charge in [0.05, 0.1) is 4.92 Å². The van der Waals surface area contributed by atoms with E-state index in [-0.39, 0.29) is 17.4 Å². The second kappa shape index (κ2) is 5.96. The molecule has 0 aromatic heterocycles. The van der Waals surface area contributed by atoms with E-state index in [0.717, 1.165) is 0 Å². The fourth-order valence-corrected chi connectivity index (χ4v) is 1.73. The number of nitrogens with zero attached hydrogens (tertiary/aromatic N) is 1. The molecular formula is C15H12N2O4. The van der Waals surface area contributed by atoms with Gasteiger partial charge in [-0.15, -0.1) is 0 Å². The van der Waals surface area contributed by atoms with Crippen molar-refractivity contribution in [3.63, 3.8) is 0 Å². The smallest absolute Gasteiger partial charge is 0.269 e. The van der Waals surface area contributed by atoms with Crippen LogP contribution in [0, 0.1) is 10.1 Å². The lowest BCUT2D eigenvalue weighted by atomic mass is 10.1. The summed E-state index contributed by atoms with van der Waals surface area (Å²) in [5.41, 5.74) is 1.35. The SMILES string of the molecule is CC(=O)c1ccc(NC(=O)c2ccc([N+](=O)[O-])cc2)cc1. The third kappa shape index (κ3) is 3.50. The highest BCUT2D eigenvalue weighted by Gasteiger charge is 2.09. The molecule has 0 aliphatic rings. The van der Waals surface area contributed by atoms with Gasteiger partial charge in [-0.05, 0) is 43.3 Å². The van der Waals surface area contributed by atoms with Gasteiger partial charge in [-0.2, -0.15) is 0 Å². The van der Waals surface area contributed by atoms with Gasteiger partial charge in [0.15, 0.2) is 5.78 Å². The van der Waals surface area contributed by atoms with Crippen molar-refractivity contribution in [3.05, 3.63) is 69.8 Å². The maximum atomic E-state index is 12.0. The molecule has 0 spiro atoms. The van der Waals surface area contributed by atoms with Crippen molar-refractivity contribution in [2.24, 2.45) is 0 Å². The van der Waals surface area contributed by atoms with E-state index in [0.29, 0.717) is 16.8 Å². The molecule has 2 aromatic carbocycles. The summed E-state index contributed by atoms with van der Waals surface area (Å²) in [6.45, 7) is 1.46. The Balaban J connectivity index is 2.10. The minimum atomic E-state index is -0.526. The fourth-order valence-electron chi connectivity index (χ4n) is 1.73. The molecule has 106 valence electrons. The van der Waals surface area contributed by atoms with Crippen LogP contribution >= 0.6 is 0 Å². The standard InChI is InChI=1S/C15H12N2O4/c1-10(18)11-2-6-13(7-3-11)16-15(19)12-4-8-14(9-5-12)17(20)21/h2-9H,1H3,(H,16,19). The second-order valence-corrected chi connectivity index (χ2v) is 4.39. The second-order valence-electron chi connectivity index (χ2n) is 4.39. The van der Waals surface area contributed by atoms with Gasteiger partial charge < -0.3 is 5.32 Å². The third-order valence-corrected chi connectivity index (χ3v) is 2.89. The zero-order valence-electron chi connectivity index (χ0n) is 11.2. The van der Waals surface area contributed by atoms with Crippen molar-refractivity contribution in [1.29, 1.82) is 0 Å². The number of non-ortho nitro benzene ring substituents is 1. The molecule has 6 heteroatoms. The number of Topliss-reactive ketones (excluding diaryl/α,β-unsaturated/α-hetero) is 1. The first kappa shape index (κ1) is 14.4. The Hall–Kier alpha value is -3.02. The highest BCUT2D eigenvalue weighted by atomic mass is 16.6. The molecule has 0 heterocycles. The minimum absolute atomic E-state index is 0.0526. The summed E-state index contributed by atoms with van der Waals surface area (Å²) in [5.74, 6) is -0.427. The molecule has 1 N–H and O–H groups in total. The summed E-state index contributed by atoms with van der Waals surface area (Å²) in [6, 6.07) is 11.8. The highest BCUT2D eigenvalue weighted by molar-refractivity contribution is 6.04. The summed E-state index contributed by atoms with van der Waals surface area (Å²) in [7, 11) is 0. The Morgan fingerprint density at radius 3 is 1.95 bits per heavy atom. The zero-order valence-corrected chi connectivity index (χ0v) is 11.2. The van der Waals surface area contributed by atoms with Gasteiger partial charge in [0.25, 0.3) is 11.6 Å². The van der Waals surface area contributed by atoms with Gasteiger partial charge in [0, 0.05) is 28.9 Å². The van der Waals surface area contributed by atoms with Gasteiger partial charge in [-0.25, -0.2) is 0 Å². The highest BCUT2D eigenvalue weighted by Crippen LogP contribution is 2.15. The quantitative estimate of drug-likeness (QED) is 0.531. The molecule has 0 aliphatic carbocycles. The molecule has 1 amide bonds. The number of benzene rings is 2. The Morgan fingerprint density at radius 2 is 1.48 bits per heavy atom. The van der Waals surface area contributed by atoms with Crippen molar-refractivity contribution in [1.82, 2.24) is 0 Å². The van der Waals surface area contributed by atoms with E-state index in [1.54, 1.807) is 24.3 Å². The van der Waals surface area contributed by atoms with Crippen molar-refractivity contribution < 1.29 is 14.5 Å². The van der Waals surface area contributed by atoms with Crippen LogP contribution < -0.4 is 5.32 Å². The Labute approximate surface area is 120 Å². The maximum absolute atomic E-state index is 12.0. The molecular weight excluding hydrogens is 272 g/mol. The van der Waals surface area contributed by atoms with Crippen LogP contribution in [0.5, 0.6) is 0 Å². The zero-order chi connectivity index (χ0) is 15.4. The molecule has 0 aliphatic heterocycles. The van der Waals surface area contributed by atoms with Crippen LogP contribution in [0.3, 0.4) is 0 Å². The number of carbonyl (C=O) groups excluding carboxylic acids is 2. The number of hydrogen-bond acceptors (Lipinski definition) is 4. The number of anilines is 1. The average Bonchev–Trinajstić information content (AvgIpc) is 2.47. The van der Waals surface area contributed by atoms with Crippen molar-refractivity contribution in [2.45, 2.75) is 6.92 Å². The number of nitro groups is 1. The number of nitro benzene ring substituents is 1. The lowest BCUT2D eigenvalue weighted by Gasteiger charge is -2.05. The molecule has 2 aromatic rings. The molecule has 0 unspecified atom stereocenters. The molecule has 21 heavy (non-hydrogen) atoms. The molecule has 0 bridgehead atoms. The van der Waals surface area contributed by atoms with Gasteiger partial charge in [0.1, 0.15) is 0 Å². The summed E-state index contributed by atoms with van der Waals surface area (Å²) in [6.07, 6.45) is 0. The first-order valence-corrected chi connectivity index (χ1v) is 6.14. The summed E-state index contributed by atoms with van der Waals surface area (Å²) in [5, 5.41) is 13.2. The first-order valence-electron chi connectivity index (χ1n) is 6.14. The van der Waals surface area contributed by atoms with Crippen molar-refractivity contribution in [2.75, 3.05) is 5.32 Å². The Morgan fingerprint density at radius 1 is 0.952 bits per heavy atom. The van der Waals surface area contributed by atoms with Crippen LogP contribution in [0.25, 0.3) is 0 Å². The Bertz CT molecular complexity index is 691. The monoisotopic (exact) mass is 284 g/mol. The molecule has 2 rings (SSSR count). The van der Waals surface area contributed by atoms with Gasteiger partial charge >= 0.3 is 0 Å². The van der Waals surface area contributed by atoms with Gasteiger partial charge in [-0.3, -0.25) is 19.7 Å². The average molecular weight is 284 g/mol. The van der Waals surface area contributed by atoms with E-state index in [1.807, 2.05) is 0 Å². The van der Waals surface area contributed by atoms with E-state index >= 15 is 0 Å². The normalized spacial score (nSPS) is 9.95. The molecule has 0 atom stereocenters. The first-order chi connectivity index (χ1) is 9.97. The molecule has 0 radical (unpaired) electrons. The third-order valence-electron chi connectivity index (χ3n) is 2.89. The predicted octanol–water partition coefficient (Wildman–Crippen LogP) is 3.05. The van der Waals surface area contributed by atoms with E-state index in [2.05, 4.69) is 5.32 Å². The number of carbonyl (C=O) groups is 2. The molecule has 0 fully saturated rings. The van der Waals surface area contributed by atoms with Crippen molar-refractivity contribution >= 4 is 23.1 Å². The topological polar surface area (TPSA) is 89.3 Å². The van der Waals surface area contributed by atoms with Crippen LogP contribution in [0.2, 0.25) is 0 Å². The van der Waals surface area contributed by atoms with Gasteiger partial charge in [0.2, 0.25) is 0 Å². The number of rotatable bonds is 4. The van der Waals surface area contributed by atoms with E-state index in [4.69, 9.17) is 0 Å². The maximum Gasteiger partial charge on any atom is 0.269 e. The summed E-state index contributed by atoms with van der Waals surface area (Å²) < 4.78 is 0. The van der Waals surface area contributed by atoms with E-state index in [9.17, 15) is 19.7 Å². The molecule has 0 saturated carbocycles. The molecule has 0 saturated heterocycles. The van der Waals surface area contributed by atoms with Gasteiger partial charge in [-0.1, -0.05) is 0 Å². The minimum Gasteiger partial charge on any atom is -0.322 e. The van der Waals surface area contributed by atoms with Crippen LogP contribution in [-0.2, 0) is 0 Å². The van der Waals surface area contributed by atoms with Crippen LogP contribution in [0.15, 0.2) is 48.5 Å². The summed E-state index contributed by atoms with van der Waals surface area (Å²) in [4.78, 5) is 33.1. The number of ketones is 1. The largest absolute Gasteiger partial charge is 0.322 e. The van der Waals surface area contributed by atoms with Crippen molar-refractivity contribution in [3.8, 4) is 0 Å². The van der Waals surface area contributed by atoms with Crippen LogP contribution in [0.4, 0.5) is 11.4 Å². The number of amides is 1. The molecule has 6 nitrogen and oxygen atoms in total. The van der Waals surface area contributed by atoms with E-state index in [1.165, 1.54) is 31.2 Å². The summed E-state index contributed by atoms with van der Waals surface area (Å²) >= 11 is 0.